The van der Waals surface area contributed by atoms with Crippen LogP contribution in [-0.4, -0.2) is 25.5 Å². The fraction of sp³-hybridized carbons (Fsp3) is 0.300. The second kappa shape index (κ2) is 8.85. The zero-order chi connectivity index (χ0) is 19.3. The molecule has 0 unspecified atom stereocenters. The van der Waals surface area contributed by atoms with Gasteiger partial charge in [0.15, 0.2) is 0 Å². The normalized spacial score (nSPS) is 10.5. The van der Waals surface area contributed by atoms with Crippen molar-refractivity contribution in [2.24, 2.45) is 5.92 Å². The van der Waals surface area contributed by atoms with Gasteiger partial charge in [-0.25, -0.2) is 0 Å². The van der Waals surface area contributed by atoms with Gasteiger partial charge in [0.2, 0.25) is 5.91 Å². The Balaban J connectivity index is 2.23. The summed E-state index contributed by atoms with van der Waals surface area (Å²) in [5.74, 6) is 0.544. The lowest BCUT2D eigenvalue weighted by Crippen LogP contribution is -2.23. The lowest BCUT2D eigenvalue weighted by Gasteiger charge is -2.17. The second-order valence-corrected chi connectivity index (χ2v) is 7.34. The third kappa shape index (κ3) is 5.33. The van der Waals surface area contributed by atoms with E-state index in [4.69, 9.17) is 4.74 Å². The summed E-state index contributed by atoms with van der Waals surface area (Å²) in [5, 5.41) is 2.87. The van der Waals surface area contributed by atoms with Crippen molar-refractivity contribution in [1.82, 2.24) is 0 Å². The molecular formula is C20H23BrN2O3. The van der Waals surface area contributed by atoms with Crippen molar-refractivity contribution < 1.29 is 14.3 Å². The molecule has 1 N–H and O–H groups in total. The molecule has 138 valence electrons. The van der Waals surface area contributed by atoms with Crippen LogP contribution in [0.15, 0.2) is 46.9 Å². The molecule has 2 aromatic rings. The maximum atomic E-state index is 12.8. The van der Waals surface area contributed by atoms with Crippen molar-refractivity contribution in [2.75, 3.05) is 23.9 Å². The molecule has 0 aliphatic heterocycles. The predicted molar refractivity (Wildman–Crippen MR) is 108 cm³/mol. The number of ether oxygens (including phenoxy) is 1. The van der Waals surface area contributed by atoms with Gasteiger partial charge in [0.1, 0.15) is 5.75 Å². The Morgan fingerprint density at radius 3 is 2.58 bits per heavy atom. The molecule has 0 spiro atoms. The molecule has 5 nitrogen and oxygen atoms in total. The van der Waals surface area contributed by atoms with E-state index in [1.54, 1.807) is 37.4 Å². The molecule has 0 aromatic heterocycles. The average Bonchev–Trinajstić information content (AvgIpc) is 2.59. The van der Waals surface area contributed by atoms with Crippen molar-refractivity contribution in [3.8, 4) is 5.75 Å². The van der Waals surface area contributed by atoms with Crippen LogP contribution < -0.4 is 15.0 Å². The Labute approximate surface area is 162 Å². The summed E-state index contributed by atoms with van der Waals surface area (Å²) < 4.78 is 6.57. The minimum Gasteiger partial charge on any atom is -0.492 e. The number of carbonyl (C=O) groups excluding carboxylic acids is 2. The molecule has 0 atom stereocenters. The Kier molecular flexibility index (Phi) is 6.80. The standard InChI is InChI=1S/C20H23BrN2O3/c1-13(2)12-26-19-9-8-15(21)10-18(19)20(25)22-16-6-5-7-17(11-16)23(4)14(3)24/h5-11,13H,12H2,1-4H3,(H,22,25). The summed E-state index contributed by atoms with van der Waals surface area (Å²) in [7, 11) is 1.69. The molecular weight excluding hydrogens is 396 g/mol. The third-order valence-electron chi connectivity index (χ3n) is 3.72. The van der Waals surface area contributed by atoms with Crippen LogP contribution in [0.2, 0.25) is 0 Å². The molecule has 26 heavy (non-hydrogen) atoms. The largest absolute Gasteiger partial charge is 0.492 e. The second-order valence-electron chi connectivity index (χ2n) is 6.43. The number of halogens is 1. The van der Waals surface area contributed by atoms with Crippen molar-refractivity contribution in [3.05, 3.63) is 52.5 Å². The van der Waals surface area contributed by atoms with Crippen LogP contribution in [0.4, 0.5) is 11.4 Å². The molecule has 2 amide bonds. The molecule has 0 bridgehead atoms. The van der Waals surface area contributed by atoms with Gasteiger partial charge >= 0.3 is 0 Å². The SMILES string of the molecule is CC(=O)N(C)c1cccc(NC(=O)c2cc(Br)ccc2OCC(C)C)c1. The van der Waals surface area contributed by atoms with E-state index in [1.807, 2.05) is 12.1 Å². The lowest BCUT2D eigenvalue weighted by atomic mass is 10.1. The molecule has 0 heterocycles. The fourth-order valence-electron chi connectivity index (χ4n) is 2.23. The molecule has 0 saturated carbocycles. The Morgan fingerprint density at radius 1 is 1.19 bits per heavy atom. The molecule has 0 saturated heterocycles. The van der Waals surface area contributed by atoms with Gasteiger partial charge in [-0.15, -0.1) is 0 Å². The highest BCUT2D eigenvalue weighted by atomic mass is 79.9. The zero-order valence-corrected chi connectivity index (χ0v) is 17.0. The summed E-state index contributed by atoms with van der Waals surface area (Å²) in [6, 6.07) is 12.5. The predicted octanol–water partition coefficient (Wildman–Crippen LogP) is 4.72. The zero-order valence-electron chi connectivity index (χ0n) is 15.4. The van der Waals surface area contributed by atoms with E-state index in [2.05, 4.69) is 35.1 Å². The maximum Gasteiger partial charge on any atom is 0.259 e. The van der Waals surface area contributed by atoms with Crippen molar-refractivity contribution in [1.29, 1.82) is 0 Å². The van der Waals surface area contributed by atoms with Gasteiger partial charge in [-0.1, -0.05) is 35.8 Å². The molecule has 0 aliphatic carbocycles. The Hall–Kier alpha value is -2.34. The molecule has 6 heteroatoms. The van der Waals surface area contributed by atoms with Crippen LogP contribution in [0.25, 0.3) is 0 Å². The third-order valence-corrected chi connectivity index (χ3v) is 4.22. The highest BCUT2D eigenvalue weighted by Crippen LogP contribution is 2.26. The smallest absolute Gasteiger partial charge is 0.259 e. The first-order valence-corrected chi connectivity index (χ1v) is 9.15. The highest BCUT2D eigenvalue weighted by molar-refractivity contribution is 9.10. The Bertz CT molecular complexity index is 805. The number of nitrogens with one attached hydrogen (secondary N) is 1. The minimum atomic E-state index is -0.271. The first-order chi connectivity index (χ1) is 12.3. The number of anilines is 2. The number of hydrogen-bond acceptors (Lipinski definition) is 3. The number of carbonyl (C=O) groups is 2. The van der Waals surface area contributed by atoms with Crippen LogP contribution >= 0.6 is 15.9 Å². The quantitative estimate of drug-likeness (QED) is 0.737. The summed E-state index contributed by atoms with van der Waals surface area (Å²) in [4.78, 5) is 25.8. The highest BCUT2D eigenvalue weighted by Gasteiger charge is 2.15. The number of hydrogen-bond donors (Lipinski definition) is 1. The maximum absolute atomic E-state index is 12.8. The van der Waals surface area contributed by atoms with Crippen molar-refractivity contribution in [3.63, 3.8) is 0 Å². The summed E-state index contributed by atoms with van der Waals surface area (Å²) >= 11 is 3.40. The number of rotatable bonds is 6. The molecule has 2 aromatic carbocycles. The van der Waals surface area contributed by atoms with E-state index in [0.29, 0.717) is 35.2 Å². The fourth-order valence-corrected chi connectivity index (χ4v) is 2.60. The van der Waals surface area contributed by atoms with Crippen molar-refractivity contribution >= 4 is 39.1 Å². The van der Waals surface area contributed by atoms with Crippen LogP contribution in [-0.2, 0) is 4.79 Å². The molecule has 2 rings (SSSR count). The summed E-state index contributed by atoms with van der Waals surface area (Å²) in [5.41, 5.74) is 1.77. The topological polar surface area (TPSA) is 58.6 Å². The van der Waals surface area contributed by atoms with Crippen LogP contribution in [0, 0.1) is 5.92 Å². The minimum absolute atomic E-state index is 0.0789. The van der Waals surface area contributed by atoms with Gasteiger partial charge in [-0.3, -0.25) is 9.59 Å². The summed E-state index contributed by atoms with van der Waals surface area (Å²) in [6.07, 6.45) is 0. The monoisotopic (exact) mass is 418 g/mol. The van der Waals surface area contributed by atoms with Gasteiger partial charge in [-0.05, 0) is 42.3 Å². The summed E-state index contributed by atoms with van der Waals surface area (Å²) in [6.45, 7) is 6.12. The number of nitrogens with zero attached hydrogens (tertiary/aromatic N) is 1. The number of amides is 2. The van der Waals surface area contributed by atoms with Crippen LogP contribution in [0.5, 0.6) is 5.75 Å². The average molecular weight is 419 g/mol. The van der Waals surface area contributed by atoms with Crippen LogP contribution in [0.1, 0.15) is 31.1 Å². The van der Waals surface area contributed by atoms with E-state index in [-0.39, 0.29) is 11.8 Å². The van der Waals surface area contributed by atoms with Gasteiger partial charge < -0.3 is 15.0 Å². The van der Waals surface area contributed by atoms with E-state index < -0.39 is 0 Å². The van der Waals surface area contributed by atoms with E-state index in [9.17, 15) is 9.59 Å². The van der Waals surface area contributed by atoms with Gasteiger partial charge in [0.05, 0.1) is 12.2 Å². The molecule has 0 radical (unpaired) electrons. The first kappa shape index (κ1) is 20.0. The van der Waals surface area contributed by atoms with Gasteiger partial charge in [0, 0.05) is 29.8 Å². The van der Waals surface area contributed by atoms with Gasteiger partial charge in [-0.2, -0.15) is 0 Å². The van der Waals surface area contributed by atoms with E-state index >= 15 is 0 Å². The lowest BCUT2D eigenvalue weighted by molar-refractivity contribution is -0.116. The van der Waals surface area contributed by atoms with E-state index in [0.717, 1.165) is 4.47 Å². The van der Waals surface area contributed by atoms with Gasteiger partial charge in [0.25, 0.3) is 5.91 Å². The van der Waals surface area contributed by atoms with Crippen molar-refractivity contribution in [2.45, 2.75) is 20.8 Å². The number of benzene rings is 2. The first-order valence-electron chi connectivity index (χ1n) is 8.36. The molecule has 0 fully saturated rings. The van der Waals surface area contributed by atoms with E-state index in [1.165, 1.54) is 11.8 Å². The molecule has 0 aliphatic rings. The van der Waals surface area contributed by atoms with Crippen LogP contribution in [0.3, 0.4) is 0 Å². The Morgan fingerprint density at radius 2 is 1.92 bits per heavy atom.